The highest BCUT2D eigenvalue weighted by atomic mass is 16.5. The molecule has 1 N–H and O–H groups in total. The van der Waals surface area contributed by atoms with Gasteiger partial charge in [-0.15, -0.1) is 0 Å². The first-order valence-corrected chi connectivity index (χ1v) is 9.70. The fraction of sp³-hybridized carbons (Fsp3) is 0.348. The number of phenolic OH excluding ortho intramolecular Hbond substituents is 1. The van der Waals surface area contributed by atoms with Crippen LogP contribution in [0.3, 0.4) is 0 Å². The quantitative estimate of drug-likeness (QED) is 0.804. The highest BCUT2D eigenvalue weighted by Crippen LogP contribution is 2.40. The van der Waals surface area contributed by atoms with Crippen LogP contribution in [0.25, 0.3) is 6.08 Å². The van der Waals surface area contributed by atoms with Crippen molar-refractivity contribution < 1.29 is 14.6 Å². The Morgan fingerprint density at radius 3 is 2.56 bits per heavy atom. The van der Waals surface area contributed by atoms with E-state index in [4.69, 9.17) is 4.74 Å². The van der Waals surface area contributed by atoms with Gasteiger partial charge in [-0.25, -0.2) is 0 Å². The van der Waals surface area contributed by atoms with Crippen LogP contribution in [-0.4, -0.2) is 28.9 Å². The zero-order chi connectivity index (χ0) is 18.8. The summed E-state index contributed by atoms with van der Waals surface area (Å²) in [7, 11) is 0. The van der Waals surface area contributed by atoms with Crippen LogP contribution in [0.1, 0.15) is 52.7 Å². The molecule has 2 aromatic carbocycles. The van der Waals surface area contributed by atoms with Crippen molar-refractivity contribution in [1.82, 2.24) is 4.90 Å². The number of likely N-dealkylation sites (tertiary alicyclic amines) is 1. The van der Waals surface area contributed by atoms with E-state index in [0.717, 1.165) is 29.8 Å². The van der Waals surface area contributed by atoms with E-state index in [-0.39, 0.29) is 11.5 Å². The number of aryl methyl sites for hydroxylation is 1. The largest absolute Gasteiger partial charge is 0.507 e. The predicted octanol–water partition coefficient (Wildman–Crippen LogP) is 4.69. The number of Topliss-reactive ketones (excluding diaryl/α,β-unsaturated/α-hetero) is 1. The van der Waals surface area contributed by atoms with E-state index in [2.05, 4.69) is 4.90 Å². The van der Waals surface area contributed by atoms with E-state index in [9.17, 15) is 9.90 Å². The number of hydrogen-bond donors (Lipinski definition) is 1. The second-order valence-electron chi connectivity index (χ2n) is 7.43. The number of hydrogen-bond acceptors (Lipinski definition) is 4. The first kappa shape index (κ1) is 17.8. The van der Waals surface area contributed by atoms with Crippen LogP contribution in [0.2, 0.25) is 0 Å². The summed E-state index contributed by atoms with van der Waals surface area (Å²) in [6.07, 6.45) is 6.66. The summed E-state index contributed by atoms with van der Waals surface area (Å²) in [5, 5.41) is 10.4. The first-order valence-electron chi connectivity index (χ1n) is 9.70. The molecule has 0 bridgehead atoms. The molecule has 4 heteroatoms. The molecule has 1 saturated heterocycles. The third-order valence-electron chi connectivity index (χ3n) is 5.47. The Bertz CT molecular complexity index is 892. The van der Waals surface area contributed by atoms with Gasteiger partial charge in [0.25, 0.3) is 0 Å². The van der Waals surface area contributed by atoms with E-state index in [1.165, 1.54) is 25.7 Å². The molecule has 2 aromatic rings. The molecule has 4 nitrogen and oxygen atoms in total. The topological polar surface area (TPSA) is 49.8 Å². The summed E-state index contributed by atoms with van der Waals surface area (Å²) < 4.78 is 5.99. The molecule has 1 fully saturated rings. The van der Waals surface area contributed by atoms with Gasteiger partial charge in [-0.05, 0) is 62.2 Å². The number of carbonyl (C=O) groups is 1. The Balaban J connectivity index is 1.65. The van der Waals surface area contributed by atoms with Gasteiger partial charge in [-0.1, -0.05) is 37.1 Å². The van der Waals surface area contributed by atoms with Crippen molar-refractivity contribution in [1.29, 1.82) is 0 Å². The van der Waals surface area contributed by atoms with Crippen LogP contribution < -0.4 is 4.74 Å². The number of allylic oxidation sites excluding steroid dienone is 1. The van der Waals surface area contributed by atoms with Gasteiger partial charge < -0.3 is 9.84 Å². The minimum Gasteiger partial charge on any atom is -0.507 e. The van der Waals surface area contributed by atoms with E-state index >= 15 is 0 Å². The number of rotatable bonds is 3. The number of nitrogens with zero attached hydrogens (tertiary/aromatic N) is 1. The molecule has 0 saturated carbocycles. The summed E-state index contributed by atoms with van der Waals surface area (Å²) in [6.45, 7) is 4.65. The molecule has 2 aliphatic heterocycles. The van der Waals surface area contributed by atoms with Gasteiger partial charge in [0.2, 0.25) is 5.78 Å². The lowest BCUT2D eigenvalue weighted by Crippen LogP contribution is -2.24. The van der Waals surface area contributed by atoms with Gasteiger partial charge >= 0.3 is 0 Å². The molecule has 27 heavy (non-hydrogen) atoms. The summed E-state index contributed by atoms with van der Waals surface area (Å²) >= 11 is 0. The van der Waals surface area contributed by atoms with Crippen molar-refractivity contribution in [3.8, 4) is 11.5 Å². The summed E-state index contributed by atoms with van der Waals surface area (Å²) in [5.74, 6) is 0.916. The van der Waals surface area contributed by atoms with Crippen LogP contribution in [0.15, 0.2) is 42.2 Å². The molecule has 2 heterocycles. The van der Waals surface area contributed by atoms with Gasteiger partial charge in [-0.3, -0.25) is 9.69 Å². The molecular formula is C23H25NO3. The van der Waals surface area contributed by atoms with Crippen LogP contribution in [0, 0.1) is 6.92 Å². The lowest BCUT2D eigenvalue weighted by atomic mass is 10.0. The van der Waals surface area contributed by atoms with Gasteiger partial charge in [0.1, 0.15) is 11.5 Å². The number of fused-ring (bicyclic) bond motifs is 1. The minimum absolute atomic E-state index is 0.120. The van der Waals surface area contributed by atoms with Gasteiger partial charge in [0.05, 0.1) is 11.1 Å². The fourth-order valence-corrected chi connectivity index (χ4v) is 3.86. The van der Waals surface area contributed by atoms with E-state index < -0.39 is 0 Å². The fourth-order valence-electron chi connectivity index (χ4n) is 3.86. The van der Waals surface area contributed by atoms with Crippen LogP contribution in [0.5, 0.6) is 11.5 Å². The maximum Gasteiger partial charge on any atom is 0.231 e. The lowest BCUT2D eigenvalue weighted by molar-refractivity contribution is 0.101. The molecule has 0 aromatic heterocycles. The molecule has 0 amide bonds. The zero-order valence-electron chi connectivity index (χ0n) is 15.7. The average Bonchev–Trinajstić information content (AvgIpc) is 2.84. The molecule has 2 aliphatic rings. The Hall–Kier alpha value is -2.59. The smallest absolute Gasteiger partial charge is 0.231 e. The van der Waals surface area contributed by atoms with Crippen molar-refractivity contribution in [3.63, 3.8) is 0 Å². The van der Waals surface area contributed by atoms with Crippen molar-refractivity contribution in [3.05, 3.63) is 64.4 Å². The zero-order valence-corrected chi connectivity index (χ0v) is 15.7. The van der Waals surface area contributed by atoms with Crippen molar-refractivity contribution in [2.45, 2.75) is 39.2 Å². The number of aromatic hydroxyl groups is 1. The van der Waals surface area contributed by atoms with Gasteiger partial charge in [0, 0.05) is 6.54 Å². The Kier molecular flexibility index (Phi) is 4.99. The third-order valence-corrected chi connectivity index (χ3v) is 5.47. The summed E-state index contributed by atoms with van der Waals surface area (Å²) in [4.78, 5) is 15.2. The molecule has 0 spiro atoms. The molecule has 4 rings (SSSR count). The highest BCUT2D eigenvalue weighted by molar-refractivity contribution is 6.15. The van der Waals surface area contributed by atoms with E-state index in [0.29, 0.717) is 23.6 Å². The lowest BCUT2D eigenvalue weighted by Gasteiger charge is -2.21. The Morgan fingerprint density at radius 2 is 1.81 bits per heavy atom. The van der Waals surface area contributed by atoms with Crippen molar-refractivity contribution in [2.24, 2.45) is 0 Å². The average molecular weight is 363 g/mol. The molecular weight excluding hydrogens is 338 g/mol. The van der Waals surface area contributed by atoms with Gasteiger partial charge in [-0.2, -0.15) is 0 Å². The summed E-state index contributed by atoms with van der Waals surface area (Å²) in [5.41, 5.74) is 3.31. The monoisotopic (exact) mass is 363 g/mol. The van der Waals surface area contributed by atoms with Crippen LogP contribution in [0.4, 0.5) is 0 Å². The molecule has 0 atom stereocenters. The standard InChI is InChI=1S/C23H25NO3/c1-16-8-4-5-9-17(16)14-21-22(26)18-10-11-20(25)19(23(18)27-21)15-24-12-6-2-3-7-13-24/h4-5,8-11,14,25H,2-3,6-7,12-13,15H2,1H3/b21-14-. The summed E-state index contributed by atoms with van der Waals surface area (Å²) in [6, 6.07) is 11.2. The minimum atomic E-state index is -0.120. The number of carbonyl (C=O) groups excluding carboxylic acids is 1. The Morgan fingerprint density at radius 1 is 1.07 bits per heavy atom. The SMILES string of the molecule is Cc1ccccc1/C=C1\Oc2c(ccc(O)c2CN2CCCCCC2)C1=O. The molecule has 140 valence electrons. The second-order valence-corrected chi connectivity index (χ2v) is 7.43. The van der Waals surface area contributed by atoms with Crippen molar-refractivity contribution in [2.75, 3.05) is 13.1 Å². The van der Waals surface area contributed by atoms with Crippen LogP contribution in [-0.2, 0) is 6.54 Å². The van der Waals surface area contributed by atoms with Gasteiger partial charge in [0.15, 0.2) is 5.76 Å². The Labute approximate surface area is 160 Å². The molecule has 0 radical (unpaired) electrons. The van der Waals surface area contributed by atoms with E-state index in [1.807, 2.05) is 31.2 Å². The van der Waals surface area contributed by atoms with Crippen LogP contribution >= 0.6 is 0 Å². The number of ketones is 1. The maximum absolute atomic E-state index is 12.8. The second kappa shape index (κ2) is 7.57. The normalized spacial score (nSPS) is 19.0. The predicted molar refractivity (Wildman–Crippen MR) is 106 cm³/mol. The maximum atomic E-state index is 12.8. The van der Waals surface area contributed by atoms with E-state index in [1.54, 1.807) is 18.2 Å². The van der Waals surface area contributed by atoms with Crippen molar-refractivity contribution >= 4 is 11.9 Å². The number of phenols is 1. The molecule has 0 unspecified atom stereocenters. The highest BCUT2D eigenvalue weighted by Gasteiger charge is 2.31. The number of benzene rings is 2. The first-order chi connectivity index (χ1) is 13.1. The third kappa shape index (κ3) is 3.62. The number of ether oxygens (including phenoxy) is 1. The molecule has 0 aliphatic carbocycles.